The minimum absolute atomic E-state index is 0.174. The lowest BCUT2D eigenvalue weighted by Gasteiger charge is -2.33. The van der Waals surface area contributed by atoms with Crippen LogP contribution in [0, 0.1) is 11.7 Å². The molecule has 0 aliphatic carbocycles. The van der Waals surface area contributed by atoms with Crippen LogP contribution >= 0.6 is 0 Å². The molecule has 8 heteroatoms. The van der Waals surface area contributed by atoms with E-state index in [9.17, 15) is 19.1 Å². The molecule has 7 nitrogen and oxygen atoms in total. The summed E-state index contributed by atoms with van der Waals surface area (Å²) >= 11 is 0. The lowest BCUT2D eigenvalue weighted by Crippen LogP contribution is -2.51. The summed E-state index contributed by atoms with van der Waals surface area (Å²) in [6.07, 6.45) is 3.00. The molecule has 2 amide bonds. The van der Waals surface area contributed by atoms with E-state index in [2.05, 4.69) is 15.3 Å². The van der Waals surface area contributed by atoms with Gasteiger partial charge in [-0.1, -0.05) is 13.8 Å². The van der Waals surface area contributed by atoms with Gasteiger partial charge in [-0.3, -0.25) is 9.59 Å². The predicted molar refractivity (Wildman–Crippen MR) is 84.5 cm³/mol. The average molecular weight is 338 g/mol. The molecular weight excluding hydrogens is 315 g/mol. The van der Waals surface area contributed by atoms with E-state index >= 15 is 0 Å². The number of halogens is 1. The zero-order valence-electron chi connectivity index (χ0n) is 13.9. The Morgan fingerprint density at radius 1 is 1.33 bits per heavy atom. The zero-order valence-corrected chi connectivity index (χ0v) is 13.9. The third-order valence-corrected chi connectivity index (χ3v) is 3.91. The number of piperidine rings is 1. The normalized spacial score (nSPS) is 17.0. The van der Waals surface area contributed by atoms with E-state index in [4.69, 9.17) is 0 Å². The van der Waals surface area contributed by atoms with Crippen molar-refractivity contribution in [2.45, 2.75) is 45.3 Å². The van der Waals surface area contributed by atoms with E-state index in [1.54, 1.807) is 4.90 Å². The van der Waals surface area contributed by atoms with Crippen molar-refractivity contribution in [2.75, 3.05) is 13.1 Å². The zero-order chi connectivity index (χ0) is 17.7. The number of hydrogen-bond acceptors (Lipinski definition) is 5. The first-order chi connectivity index (χ1) is 11.4. The van der Waals surface area contributed by atoms with Crippen molar-refractivity contribution in [1.82, 2.24) is 20.2 Å². The summed E-state index contributed by atoms with van der Waals surface area (Å²) in [7, 11) is 0. The average Bonchev–Trinajstić information content (AvgIpc) is 2.54. The number of nitrogens with zero attached hydrogens (tertiary/aromatic N) is 3. The standard InChI is InChI=1S/C16H23FN4O3/c1-10(2)7-13(16(24)21-5-3-12(22)4-6-21)20-15(23)14-18-8-11(17)9-19-14/h8-10,12-13,22H,3-7H2,1-2H3,(H,20,23). The lowest BCUT2D eigenvalue weighted by atomic mass is 10.0. The van der Waals surface area contributed by atoms with E-state index in [-0.39, 0.29) is 23.8 Å². The van der Waals surface area contributed by atoms with Crippen LogP contribution in [-0.2, 0) is 4.79 Å². The van der Waals surface area contributed by atoms with Gasteiger partial charge in [-0.05, 0) is 25.2 Å². The van der Waals surface area contributed by atoms with Gasteiger partial charge < -0.3 is 15.3 Å². The Balaban J connectivity index is 2.05. The van der Waals surface area contributed by atoms with Crippen LogP contribution in [0.5, 0.6) is 0 Å². The highest BCUT2D eigenvalue weighted by Gasteiger charge is 2.30. The van der Waals surface area contributed by atoms with Crippen molar-refractivity contribution in [2.24, 2.45) is 5.92 Å². The third kappa shape index (κ3) is 4.95. The Morgan fingerprint density at radius 2 is 1.92 bits per heavy atom. The first kappa shape index (κ1) is 18.3. The topological polar surface area (TPSA) is 95.4 Å². The number of aliphatic hydroxyl groups is 1. The molecule has 1 aromatic rings. The molecule has 1 aliphatic rings. The molecule has 1 atom stereocenters. The quantitative estimate of drug-likeness (QED) is 0.826. The van der Waals surface area contributed by atoms with E-state index in [1.807, 2.05) is 13.8 Å². The molecule has 2 heterocycles. The van der Waals surface area contributed by atoms with Gasteiger partial charge in [-0.15, -0.1) is 0 Å². The molecule has 0 bridgehead atoms. The van der Waals surface area contributed by atoms with E-state index < -0.39 is 17.8 Å². The summed E-state index contributed by atoms with van der Waals surface area (Å²) in [5.74, 6) is -1.39. The smallest absolute Gasteiger partial charge is 0.289 e. The van der Waals surface area contributed by atoms with E-state index in [0.717, 1.165) is 12.4 Å². The van der Waals surface area contributed by atoms with E-state index in [0.29, 0.717) is 32.4 Å². The van der Waals surface area contributed by atoms with Gasteiger partial charge in [0.2, 0.25) is 11.7 Å². The Hall–Kier alpha value is -2.09. The summed E-state index contributed by atoms with van der Waals surface area (Å²) < 4.78 is 12.8. The molecule has 2 N–H and O–H groups in total. The van der Waals surface area contributed by atoms with E-state index in [1.165, 1.54) is 0 Å². The maximum absolute atomic E-state index is 12.8. The molecule has 132 valence electrons. The van der Waals surface area contributed by atoms with Crippen molar-refractivity contribution >= 4 is 11.8 Å². The Bertz CT molecular complexity index is 571. The summed E-state index contributed by atoms with van der Waals surface area (Å²) in [5.41, 5.74) is 0. The number of aromatic nitrogens is 2. The van der Waals surface area contributed by atoms with Crippen molar-refractivity contribution in [1.29, 1.82) is 0 Å². The molecule has 1 fully saturated rings. The highest BCUT2D eigenvalue weighted by atomic mass is 19.1. The van der Waals surface area contributed by atoms with Crippen molar-refractivity contribution in [3.8, 4) is 0 Å². The van der Waals surface area contributed by atoms with Gasteiger partial charge in [-0.2, -0.15) is 0 Å². The second-order valence-electron chi connectivity index (χ2n) is 6.44. The van der Waals surface area contributed by atoms with Crippen molar-refractivity contribution < 1.29 is 19.1 Å². The Morgan fingerprint density at radius 3 is 2.46 bits per heavy atom. The fraction of sp³-hybridized carbons (Fsp3) is 0.625. The number of rotatable bonds is 5. The Kier molecular flexibility index (Phi) is 6.19. The molecule has 1 aliphatic heterocycles. The predicted octanol–water partition coefficient (Wildman–Crippen LogP) is 0.743. The second kappa shape index (κ2) is 8.14. The number of likely N-dealkylation sites (tertiary alicyclic amines) is 1. The number of nitrogens with one attached hydrogen (secondary N) is 1. The van der Waals surface area contributed by atoms with Crippen LogP contribution < -0.4 is 5.32 Å². The van der Waals surface area contributed by atoms with Gasteiger partial charge in [0.1, 0.15) is 6.04 Å². The van der Waals surface area contributed by atoms with Crippen LogP contribution in [0.1, 0.15) is 43.7 Å². The number of carbonyl (C=O) groups is 2. The van der Waals surface area contributed by atoms with Crippen LogP contribution in [0.25, 0.3) is 0 Å². The molecule has 0 spiro atoms. The van der Waals surface area contributed by atoms with Crippen LogP contribution in [0.15, 0.2) is 12.4 Å². The van der Waals surface area contributed by atoms with Gasteiger partial charge in [0.25, 0.3) is 5.91 Å². The molecule has 1 aromatic heterocycles. The summed E-state index contributed by atoms with van der Waals surface area (Å²) in [6.45, 7) is 4.86. The largest absolute Gasteiger partial charge is 0.393 e. The van der Waals surface area contributed by atoms with Gasteiger partial charge in [0, 0.05) is 13.1 Å². The molecule has 1 unspecified atom stereocenters. The first-order valence-corrected chi connectivity index (χ1v) is 8.12. The fourth-order valence-electron chi connectivity index (χ4n) is 2.65. The van der Waals surface area contributed by atoms with Gasteiger partial charge in [0.05, 0.1) is 18.5 Å². The van der Waals surface area contributed by atoms with Crippen LogP contribution in [0.3, 0.4) is 0 Å². The summed E-state index contributed by atoms with van der Waals surface area (Å²) in [5, 5.41) is 12.2. The third-order valence-electron chi connectivity index (χ3n) is 3.91. The molecule has 0 aromatic carbocycles. The molecular formula is C16H23FN4O3. The maximum Gasteiger partial charge on any atom is 0.289 e. The highest BCUT2D eigenvalue weighted by Crippen LogP contribution is 2.14. The number of hydrogen-bond donors (Lipinski definition) is 2. The molecule has 0 radical (unpaired) electrons. The second-order valence-corrected chi connectivity index (χ2v) is 6.44. The molecule has 24 heavy (non-hydrogen) atoms. The molecule has 2 rings (SSSR count). The van der Waals surface area contributed by atoms with Crippen molar-refractivity contribution in [3.05, 3.63) is 24.0 Å². The highest BCUT2D eigenvalue weighted by molar-refractivity contribution is 5.94. The number of amides is 2. The first-order valence-electron chi connectivity index (χ1n) is 8.12. The summed E-state index contributed by atoms with van der Waals surface area (Å²) in [6, 6.07) is -0.693. The van der Waals surface area contributed by atoms with Gasteiger partial charge >= 0.3 is 0 Å². The molecule has 0 saturated carbocycles. The monoisotopic (exact) mass is 338 g/mol. The Labute approximate surface area is 140 Å². The van der Waals surface area contributed by atoms with Gasteiger partial charge in [0.15, 0.2) is 5.82 Å². The van der Waals surface area contributed by atoms with Crippen LogP contribution in [0.4, 0.5) is 4.39 Å². The summed E-state index contributed by atoms with van der Waals surface area (Å²) in [4.78, 5) is 33.8. The van der Waals surface area contributed by atoms with Gasteiger partial charge in [-0.25, -0.2) is 14.4 Å². The molecule has 1 saturated heterocycles. The van der Waals surface area contributed by atoms with Crippen LogP contribution in [-0.4, -0.2) is 57.0 Å². The minimum Gasteiger partial charge on any atom is -0.393 e. The SMILES string of the molecule is CC(C)CC(NC(=O)c1ncc(F)cn1)C(=O)N1CCC(O)CC1. The minimum atomic E-state index is -0.693. The number of carbonyl (C=O) groups excluding carboxylic acids is 2. The lowest BCUT2D eigenvalue weighted by molar-refractivity contribution is -0.135. The van der Waals surface area contributed by atoms with Crippen molar-refractivity contribution in [3.63, 3.8) is 0 Å². The number of aliphatic hydroxyl groups excluding tert-OH is 1. The van der Waals surface area contributed by atoms with Crippen LogP contribution in [0.2, 0.25) is 0 Å². The maximum atomic E-state index is 12.8. The fourth-order valence-corrected chi connectivity index (χ4v) is 2.65.